The molecule has 1 saturated heterocycles. The Balaban J connectivity index is 1.59. The lowest BCUT2D eigenvalue weighted by Crippen LogP contribution is -2.54. The first kappa shape index (κ1) is 16.7. The number of carbonyl (C=O) groups is 4. The molecule has 3 aliphatic rings. The van der Waals surface area contributed by atoms with Crippen molar-refractivity contribution in [1.29, 1.82) is 0 Å². The first-order valence-electron chi connectivity index (χ1n) is 8.78. The van der Waals surface area contributed by atoms with Gasteiger partial charge < -0.3 is 10.6 Å². The molecule has 8 heteroatoms. The maximum atomic E-state index is 13.0. The van der Waals surface area contributed by atoms with Gasteiger partial charge in [-0.2, -0.15) is 0 Å². The number of imide groups is 2. The zero-order valence-corrected chi connectivity index (χ0v) is 14.4. The maximum absolute atomic E-state index is 13.0. The van der Waals surface area contributed by atoms with Gasteiger partial charge in [0, 0.05) is 24.2 Å². The average molecular weight is 356 g/mol. The normalized spacial score (nSPS) is 27.9. The van der Waals surface area contributed by atoms with Crippen molar-refractivity contribution < 1.29 is 19.2 Å². The maximum Gasteiger partial charge on any atom is 0.264 e. The Bertz CT molecular complexity index is 815. The van der Waals surface area contributed by atoms with E-state index in [4.69, 9.17) is 0 Å². The van der Waals surface area contributed by atoms with Crippen molar-refractivity contribution in [1.82, 2.24) is 15.5 Å². The molecule has 0 radical (unpaired) electrons. The zero-order chi connectivity index (χ0) is 18.4. The number of benzene rings is 1. The summed E-state index contributed by atoms with van der Waals surface area (Å²) in [7, 11) is 1.92. The van der Waals surface area contributed by atoms with Crippen LogP contribution < -0.4 is 16.0 Å². The fraction of sp³-hybridized carbons (Fsp3) is 0.444. The topological polar surface area (TPSA) is 108 Å². The number of hydrogen-bond acceptors (Lipinski definition) is 6. The van der Waals surface area contributed by atoms with Crippen LogP contribution in [0.1, 0.15) is 46.4 Å². The van der Waals surface area contributed by atoms with Crippen molar-refractivity contribution in [3.8, 4) is 0 Å². The lowest BCUT2D eigenvalue weighted by atomic mass is 9.86. The SMILES string of the molecule is CNC1CC(Nc2cccc3c2C(=O)N(C2CCC(=O)NC2=O)C3=O)C1. The van der Waals surface area contributed by atoms with Gasteiger partial charge in [-0.1, -0.05) is 6.07 Å². The zero-order valence-electron chi connectivity index (χ0n) is 14.4. The second-order valence-corrected chi connectivity index (χ2v) is 6.97. The molecule has 1 unspecified atom stereocenters. The number of amides is 4. The van der Waals surface area contributed by atoms with E-state index in [0.29, 0.717) is 22.9 Å². The van der Waals surface area contributed by atoms with Gasteiger partial charge in [0.2, 0.25) is 11.8 Å². The molecular weight excluding hydrogens is 336 g/mol. The summed E-state index contributed by atoms with van der Waals surface area (Å²) in [4.78, 5) is 50.2. The van der Waals surface area contributed by atoms with E-state index in [-0.39, 0.29) is 24.8 Å². The van der Waals surface area contributed by atoms with Crippen LogP contribution >= 0.6 is 0 Å². The number of hydrogen-bond donors (Lipinski definition) is 3. The van der Waals surface area contributed by atoms with Crippen LogP contribution in [-0.4, -0.2) is 53.7 Å². The van der Waals surface area contributed by atoms with Crippen molar-refractivity contribution >= 4 is 29.3 Å². The van der Waals surface area contributed by atoms with Crippen LogP contribution in [0.5, 0.6) is 0 Å². The molecule has 8 nitrogen and oxygen atoms in total. The van der Waals surface area contributed by atoms with Crippen molar-refractivity contribution in [2.24, 2.45) is 0 Å². The quantitative estimate of drug-likeness (QED) is 0.668. The predicted octanol–water partition coefficient (Wildman–Crippen LogP) is 0.250. The summed E-state index contributed by atoms with van der Waals surface area (Å²) in [5.41, 5.74) is 1.24. The lowest BCUT2D eigenvalue weighted by molar-refractivity contribution is -0.136. The smallest absolute Gasteiger partial charge is 0.264 e. The molecule has 1 atom stereocenters. The summed E-state index contributed by atoms with van der Waals surface area (Å²) >= 11 is 0. The van der Waals surface area contributed by atoms with Crippen molar-refractivity contribution in [2.75, 3.05) is 12.4 Å². The second-order valence-electron chi connectivity index (χ2n) is 6.97. The fourth-order valence-corrected chi connectivity index (χ4v) is 3.83. The second kappa shape index (κ2) is 6.21. The minimum absolute atomic E-state index is 0.113. The van der Waals surface area contributed by atoms with Crippen molar-refractivity contribution in [3.63, 3.8) is 0 Å². The van der Waals surface area contributed by atoms with E-state index in [9.17, 15) is 19.2 Å². The van der Waals surface area contributed by atoms with E-state index in [1.807, 2.05) is 7.05 Å². The molecule has 136 valence electrons. The number of fused-ring (bicyclic) bond motifs is 1. The van der Waals surface area contributed by atoms with E-state index in [2.05, 4.69) is 16.0 Å². The monoisotopic (exact) mass is 356 g/mol. The third-order valence-electron chi connectivity index (χ3n) is 5.37. The third-order valence-corrected chi connectivity index (χ3v) is 5.37. The van der Waals surface area contributed by atoms with Crippen LogP contribution in [0, 0.1) is 0 Å². The van der Waals surface area contributed by atoms with Crippen LogP contribution in [0.2, 0.25) is 0 Å². The minimum Gasteiger partial charge on any atom is -0.382 e. The van der Waals surface area contributed by atoms with Crippen LogP contribution in [0.4, 0.5) is 5.69 Å². The van der Waals surface area contributed by atoms with Crippen LogP contribution in [0.25, 0.3) is 0 Å². The van der Waals surface area contributed by atoms with E-state index in [1.165, 1.54) is 0 Å². The Labute approximate surface area is 150 Å². The molecule has 2 aliphatic heterocycles. The Hall–Kier alpha value is -2.74. The first-order valence-corrected chi connectivity index (χ1v) is 8.78. The highest BCUT2D eigenvalue weighted by Crippen LogP contribution is 2.34. The highest BCUT2D eigenvalue weighted by molar-refractivity contribution is 6.25. The molecule has 0 spiro atoms. The Morgan fingerprint density at radius 3 is 2.54 bits per heavy atom. The van der Waals surface area contributed by atoms with Gasteiger partial charge in [0.25, 0.3) is 11.8 Å². The molecule has 4 rings (SSSR count). The molecule has 4 amide bonds. The van der Waals surface area contributed by atoms with Gasteiger partial charge in [-0.3, -0.25) is 29.4 Å². The highest BCUT2D eigenvalue weighted by Gasteiger charge is 2.45. The third kappa shape index (κ3) is 2.57. The van der Waals surface area contributed by atoms with Gasteiger partial charge in [-0.15, -0.1) is 0 Å². The lowest BCUT2D eigenvalue weighted by Gasteiger charge is -2.36. The molecule has 1 aliphatic carbocycles. The molecule has 1 aromatic rings. The summed E-state index contributed by atoms with van der Waals surface area (Å²) in [5, 5.41) is 8.75. The van der Waals surface area contributed by atoms with Gasteiger partial charge in [0.1, 0.15) is 6.04 Å². The Morgan fingerprint density at radius 1 is 1.08 bits per heavy atom. The van der Waals surface area contributed by atoms with Crippen molar-refractivity contribution in [3.05, 3.63) is 29.3 Å². The van der Waals surface area contributed by atoms with Crippen LogP contribution in [0.15, 0.2) is 18.2 Å². The number of anilines is 1. The molecular formula is C18H20N4O4. The highest BCUT2D eigenvalue weighted by atomic mass is 16.2. The summed E-state index contributed by atoms with van der Waals surface area (Å²) in [6.07, 6.45) is 2.16. The van der Waals surface area contributed by atoms with E-state index in [0.717, 1.165) is 17.7 Å². The van der Waals surface area contributed by atoms with Gasteiger partial charge >= 0.3 is 0 Å². The summed E-state index contributed by atoms with van der Waals surface area (Å²) in [5.74, 6) is -1.94. The average Bonchev–Trinajstić information content (AvgIpc) is 2.83. The van der Waals surface area contributed by atoms with Gasteiger partial charge in [-0.25, -0.2) is 0 Å². The standard InChI is InChI=1S/C18H20N4O4/c1-19-9-7-10(8-9)20-12-4-2-3-11-15(12)18(26)22(17(11)25)13-5-6-14(23)21-16(13)24/h2-4,9-10,13,19-20H,5-8H2,1H3,(H,21,23,24). The van der Waals surface area contributed by atoms with E-state index < -0.39 is 23.8 Å². The molecule has 0 bridgehead atoms. The van der Waals surface area contributed by atoms with Crippen LogP contribution in [0.3, 0.4) is 0 Å². The van der Waals surface area contributed by atoms with Gasteiger partial charge in [0.15, 0.2) is 0 Å². The molecule has 3 N–H and O–H groups in total. The van der Waals surface area contributed by atoms with E-state index in [1.54, 1.807) is 18.2 Å². The number of rotatable bonds is 4. The summed E-state index contributed by atoms with van der Waals surface area (Å²) in [6.45, 7) is 0. The number of carbonyl (C=O) groups excluding carboxylic acids is 4. The Kier molecular flexibility index (Phi) is 3.99. The molecule has 2 fully saturated rings. The first-order chi connectivity index (χ1) is 12.5. The number of nitrogens with one attached hydrogen (secondary N) is 3. The van der Waals surface area contributed by atoms with Crippen molar-refractivity contribution in [2.45, 2.75) is 43.8 Å². The van der Waals surface area contributed by atoms with E-state index >= 15 is 0 Å². The molecule has 1 saturated carbocycles. The number of piperidine rings is 1. The van der Waals surface area contributed by atoms with Gasteiger partial charge in [0.05, 0.1) is 11.1 Å². The summed E-state index contributed by atoms with van der Waals surface area (Å²) < 4.78 is 0. The molecule has 1 aromatic carbocycles. The summed E-state index contributed by atoms with van der Waals surface area (Å²) in [6, 6.07) is 4.88. The van der Waals surface area contributed by atoms with Gasteiger partial charge in [-0.05, 0) is 38.4 Å². The minimum atomic E-state index is -0.940. The molecule has 26 heavy (non-hydrogen) atoms. The number of nitrogens with zero attached hydrogens (tertiary/aromatic N) is 1. The molecule has 0 aromatic heterocycles. The largest absolute Gasteiger partial charge is 0.382 e. The molecule has 2 heterocycles. The Morgan fingerprint density at radius 2 is 1.85 bits per heavy atom. The van der Waals surface area contributed by atoms with Crippen LogP contribution in [-0.2, 0) is 9.59 Å². The fourth-order valence-electron chi connectivity index (χ4n) is 3.83. The predicted molar refractivity (Wildman–Crippen MR) is 92.6 cm³/mol.